The first-order valence-electron chi connectivity index (χ1n) is 7.16. The minimum atomic E-state index is -0.826. The molecule has 1 aliphatic carbocycles. The second-order valence-electron chi connectivity index (χ2n) is 5.21. The molecule has 0 heterocycles. The Morgan fingerprint density at radius 2 is 1.12 bits per heavy atom. The summed E-state index contributed by atoms with van der Waals surface area (Å²) in [6, 6.07) is 2.46. The van der Waals surface area contributed by atoms with Crippen LogP contribution in [0.3, 0.4) is 0 Å². The summed E-state index contributed by atoms with van der Waals surface area (Å²) in [4.78, 5) is 59.1. The van der Waals surface area contributed by atoms with E-state index in [1.165, 1.54) is 19.1 Å². The minimum absolute atomic E-state index is 0.124. The zero-order chi connectivity index (χ0) is 18.9. The molecule has 0 saturated heterocycles. The van der Waals surface area contributed by atoms with Crippen LogP contribution < -0.4 is 9.47 Å². The van der Waals surface area contributed by atoms with Crippen LogP contribution in [0.2, 0.25) is 0 Å². The molecule has 0 aromatic heterocycles. The third kappa shape index (κ3) is 3.47. The van der Waals surface area contributed by atoms with Gasteiger partial charge in [-0.3, -0.25) is 24.0 Å². The molecule has 25 heavy (non-hydrogen) atoms. The molecule has 8 heteroatoms. The van der Waals surface area contributed by atoms with Crippen molar-refractivity contribution in [2.24, 2.45) is 0 Å². The molecule has 0 amide bonds. The number of Topliss-reactive ketones (excluding diaryl/α,β-unsaturated/α-hetero) is 2. The van der Waals surface area contributed by atoms with Gasteiger partial charge in [0.1, 0.15) is 11.5 Å². The lowest BCUT2D eigenvalue weighted by Gasteiger charge is -2.22. The highest BCUT2D eigenvalue weighted by molar-refractivity contribution is 6.28. The molecule has 0 fully saturated rings. The van der Waals surface area contributed by atoms with Crippen LogP contribution in [-0.4, -0.2) is 29.5 Å². The predicted octanol–water partition coefficient (Wildman–Crippen LogP) is 1.75. The van der Waals surface area contributed by atoms with Gasteiger partial charge in [-0.2, -0.15) is 0 Å². The molecule has 0 atom stereocenters. The van der Waals surface area contributed by atoms with Crippen LogP contribution in [0, 0.1) is 0 Å². The van der Waals surface area contributed by atoms with Gasteiger partial charge in [0.15, 0.2) is 11.5 Å². The fourth-order valence-electron chi connectivity index (χ4n) is 2.34. The lowest BCUT2D eigenvalue weighted by Crippen LogP contribution is -2.26. The first kappa shape index (κ1) is 18.1. The molecular formula is C17H14O8. The molecular weight excluding hydrogens is 332 g/mol. The average Bonchev–Trinajstić information content (AvgIpc) is 2.49. The summed E-state index contributed by atoms with van der Waals surface area (Å²) in [7, 11) is 0. The Kier molecular flexibility index (Phi) is 4.82. The molecule has 0 bridgehead atoms. The monoisotopic (exact) mass is 346 g/mol. The lowest BCUT2D eigenvalue weighted by atomic mass is 9.87. The maximum atomic E-state index is 12.7. The third-order valence-corrected chi connectivity index (χ3v) is 3.22. The summed E-state index contributed by atoms with van der Waals surface area (Å²) in [5, 5.41) is 0. The molecule has 8 nitrogen and oxygen atoms in total. The van der Waals surface area contributed by atoms with Crippen molar-refractivity contribution >= 4 is 29.5 Å². The standard InChI is InChI=1S/C17H14O8/c1-7-15(21)13-11(23-8(2)18)5-6-12(24-9(3)19)14(13)16(22)17(7)25-10(4)20/h5-6H,1-4H3. The van der Waals surface area contributed by atoms with E-state index in [-0.39, 0.29) is 28.2 Å². The molecule has 0 unspecified atom stereocenters. The van der Waals surface area contributed by atoms with Crippen LogP contribution in [0.15, 0.2) is 23.5 Å². The number of fused-ring (bicyclic) bond motifs is 1. The van der Waals surface area contributed by atoms with Gasteiger partial charge in [0.2, 0.25) is 5.78 Å². The molecule has 0 aliphatic heterocycles. The Hall–Kier alpha value is -3.29. The van der Waals surface area contributed by atoms with Crippen molar-refractivity contribution in [3.8, 4) is 11.5 Å². The van der Waals surface area contributed by atoms with Crippen LogP contribution in [0.5, 0.6) is 11.5 Å². The van der Waals surface area contributed by atoms with Crippen LogP contribution in [0.25, 0.3) is 0 Å². The average molecular weight is 346 g/mol. The number of carbonyl (C=O) groups excluding carboxylic acids is 5. The molecule has 2 rings (SSSR count). The van der Waals surface area contributed by atoms with Gasteiger partial charge in [-0.25, -0.2) is 0 Å². The lowest BCUT2D eigenvalue weighted by molar-refractivity contribution is -0.136. The quantitative estimate of drug-likeness (QED) is 0.601. The van der Waals surface area contributed by atoms with Crippen molar-refractivity contribution in [1.29, 1.82) is 0 Å². The zero-order valence-corrected chi connectivity index (χ0v) is 13.9. The Bertz CT molecular complexity index is 860. The second kappa shape index (κ2) is 6.68. The van der Waals surface area contributed by atoms with Crippen molar-refractivity contribution < 1.29 is 38.2 Å². The Labute approximate surface area is 142 Å². The van der Waals surface area contributed by atoms with E-state index in [1.54, 1.807) is 0 Å². The number of hydrogen-bond donors (Lipinski definition) is 0. The van der Waals surface area contributed by atoms with E-state index in [9.17, 15) is 24.0 Å². The molecule has 0 spiro atoms. The van der Waals surface area contributed by atoms with Gasteiger partial charge < -0.3 is 14.2 Å². The van der Waals surface area contributed by atoms with Crippen molar-refractivity contribution in [2.75, 3.05) is 0 Å². The van der Waals surface area contributed by atoms with E-state index < -0.39 is 35.2 Å². The van der Waals surface area contributed by atoms with Crippen LogP contribution in [0.1, 0.15) is 48.4 Å². The SMILES string of the molecule is CC(=O)OC1=C(C)C(=O)c2c(OC(C)=O)ccc(OC(C)=O)c2C1=O. The summed E-state index contributed by atoms with van der Waals surface area (Å²) < 4.78 is 14.8. The van der Waals surface area contributed by atoms with Gasteiger partial charge in [-0.05, 0) is 19.1 Å². The molecule has 0 saturated carbocycles. The molecule has 0 radical (unpaired) electrons. The van der Waals surface area contributed by atoms with Crippen molar-refractivity contribution in [2.45, 2.75) is 27.7 Å². The van der Waals surface area contributed by atoms with Crippen LogP contribution >= 0.6 is 0 Å². The van der Waals surface area contributed by atoms with Crippen molar-refractivity contribution in [1.82, 2.24) is 0 Å². The number of rotatable bonds is 3. The highest BCUT2D eigenvalue weighted by atomic mass is 16.5. The zero-order valence-electron chi connectivity index (χ0n) is 13.9. The van der Waals surface area contributed by atoms with Gasteiger partial charge >= 0.3 is 17.9 Å². The smallest absolute Gasteiger partial charge is 0.308 e. The van der Waals surface area contributed by atoms with E-state index in [1.807, 2.05) is 0 Å². The van der Waals surface area contributed by atoms with E-state index >= 15 is 0 Å². The van der Waals surface area contributed by atoms with E-state index in [4.69, 9.17) is 14.2 Å². The molecule has 1 aromatic carbocycles. The number of hydrogen-bond acceptors (Lipinski definition) is 8. The number of ether oxygens (including phenoxy) is 3. The highest BCUT2D eigenvalue weighted by Crippen LogP contribution is 2.38. The van der Waals surface area contributed by atoms with Gasteiger partial charge in [0.05, 0.1) is 11.1 Å². The number of allylic oxidation sites excluding steroid dienone is 2. The molecule has 130 valence electrons. The fraction of sp³-hybridized carbons (Fsp3) is 0.235. The Morgan fingerprint density at radius 3 is 1.52 bits per heavy atom. The minimum Gasteiger partial charge on any atom is -0.426 e. The Balaban J connectivity index is 2.74. The largest absolute Gasteiger partial charge is 0.426 e. The normalized spacial score (nSPS) is 13.3. The van der Waals surface area contributed by atoms with Crippen LogP contribution in [-0.2, 0) is 19.1 Å². The van der Waals surface area contributed by atoms with Gasteiger partial charge in [-0.15, -0.1) is 0 Å². The Morgan fingerprint density at radius 1 is 0.720 bits per heavy atom. The second-order valence-corrected chi connectivity index (χ2v) is 5.21. The van der Waals surface area contributed by atoms with E-state index in [0.717, 1.165) is 20.8 Å². The summed E-state index contributed by atoms with van der Waals surface area (Å²) in [6.45, 7) is 4.64. The van der Waals surface area contributed by atoms with E-state index in [2.05, 4.69) is 0 Å². The summed E-state index contributed by atoms with van der Waals surface area (Å²) in [6.07, 6.45) is 0. The number of benzene rings is 1. The van der Waals surface area contributed by atoms with Gasteiger partial charge in [0.25, 0.3) is 0 Å². The maximum Gasteiger partial charge on any atom is 0.308 e. The summed E-state index contributed by atoms with van der Waals surface area (Å²) in [5.41, 5.74) is -0.658. The van der Waals surface area contributed by atoms with Gasteiger partial charge in [0, 0.05) is 26.3 Å². The fourth-order valence-corrected chi connectivity index (χ4v) is 2.34. The molecule has 1 aliphatic rings. The molecule has 0 N–H and O–H groups in total. The highest BCUT2D eigenvalue weighted by Gasteiger charge is 2.38. The number of carbonyl (C=O) groups is 5. The van der Waals surface area contributed by atoms with E-state index in [0.29, 0.717) is 0 Å². The first-order chi connectivity index (χ1) is 11.6. The van der Waals surface area contributed by atoms with Crippen molar-refractivity contribution in [3.63, 3.8) is 0 Å². The first-order valence-corrected chi connectivity index (χ1v) is 7.16. The number of esters is 3. The summed E-state index contributed by atoms with van der Waals surface area (Å²) in [5.74, 6) is -4.53. The molecule has 1 aromatic rings. The van der Waals surface area contributed by atoms with Crippen molar-refractivity contribution in [3.05, 3.63) is 34.6 Å². The van der Waals surface area contributed by atoms with Gasteiger partial charge in [-0.1, -0.05) is 0 Å². The predicted molar refractivity (Wildman–Crippen MR) is 82.2 cm³/mol. The van der Waals surface area contributed by atoms with Crippen LogP contribution in [0.4, 0.5) is 0 Å². The summed E-state index contributed by atoms with van der Waals surface area (Å²) >= 11 is 0. The number of ketones is 2. The third-order valence-electron chi connectivity index (χ3n) is 3.22. The maximum absolute atomic E-state index is 12.7. The topological polar surface area (TPSA) is 113 Å².